The number of nitrogens with two attached hydrogens (primary N) is 1. The molecule has 7 nitrogen and oxygen atoms in total. The Balaban J connectivity index is 2.40. The summed E-state index contributed by atoms with van der Waals surface area (Å²) in [5.74, 6) is -1.17. The summed E-state index contributed by atoms with van der Waals surface area (Å²) in [6.45, 7) is 2.81. The van der Waals surface area contributed by atoms with Gasteiger partial charge in [-0.05, 0) is 32.0 Å². The Morgan fingerprint density at radius 1 is 1.22 bits per heavy atom. The molecule has 0 spiro atoms. The number of Topliss-reactive ketones (excluding diaryl/α,β-unsaturated/α-hetero) is 1. The number of rotatable bonds is 5. The van der Waals surface area contributed by atoms with Gasteiger partial charge in [-0.2, -0.15) is 0 Å². The van der Waals surface area contributed by atoms with Gasteiger partial charge in [0.1, 0.15) is 17.1 Å². The van der Waals surface area contributed by atoms with Crippen LogP contribution in [0.1, 0.15) is 43.8 Å². The highest BCUT2D eigenvalue weighted by Crippen LogP contribution is 2.28. The molecule has 0 fully saturated rings. The molecule has 0 atom stereocenters. The van der Waals surface area contributed by atoms with Gasteiger partial charge in [-0.3, -0.25) is 19.7 Å². The Kier molecular flexibility index (Phi) is 4.49. The zero-order chi connectivity index (χ0) is 17.1. The van der Waals surface area contributed by atoms with Crippen molar-refractivity contribution in [1.29, 1.82) is 0 Å². The number of benzene rings is 1. The largest absolute Gasteiger partial charge is 0.497 e. The van der Waals surface area contributed by atoms with Crippen LogP contribution in [-0.4, -0.2) is 24.7 Å². The van der Waals surface area contributed by atoms with Gasteiger partial charge in [0.2, 0.25) is 5.88 Å². The number of furan rings is 1. The van der Waals surface area contributed by atoms with Crippen LogP contribution in [0.2, 0.25) is 0 Å². The molecular formula is C16H16N2O5. The fourth-order valence-electron chi connectivity index (χ4n) is 2.23. The summed E-state index contributed by atoms with van der Waals surface area (Å²) in [6, 6.07) is 6.44. The highest BCUT2D eigenvalue weighted by Gasteiger charge is 2.26. The van der Waals surface area contributed by atoms with Gasteiger partial charge in [0.25, 0.3) is 11.8 Å². The van der Waals surface area contributed by atoms with Gasteiger partial charge in [-0.15, -0.1) is 0 Å². The van der Waals surface area contributed by atoms with Crippen LogP contribution in [-0.2, 0) is 0 Å². The molecule has 0 aliphatic carbocycles. The third kappa shape index (κ3) is 3.23. The Hall–Kier alpha value is -3.09. The number of primary amides is 1. The minimum atomic E-state index is -0.854. The highest BCUT2D eigenvalue weighted by molar-refractivity contribution is 6.13. The molecule has 2 amide bonds. The number of ketones is 1. The zero-order valence-electron chi connectivity index (χ0n) is 12.9. The second-order valence-electron chi connectivity index (χ2n) is 4.84. The quantitative estimate of drug-likeness (QED) is 0.821. The van der Waals surface area contributed by atoms with Gasteiger partial charge in [-0.25, -0.2) is 0 Å². The Labute approximate surface area is 132 Å². The molecule has 2 rings (SSSR count). The van der Waals surface area contributed by atoms with E-state index in [1.807, 2.05) is 0 Å². The fraction of sp³-hybridized carbons (Fsp3) is 0.188. The highest BCUT2D eigenvalue weighted by atomic mass is 16.5. The molecule has 120 valence electrons. The molecule has 0 unspecified atom stereocenters. The first kappa shape index (κ1) is 16.3. The van der Waals surface area contributed by atoms with Crippen LogP contribution >= 0.6 is 0 Å². The van der Waals surface area contributed by atoms with E-state index in [1.54, 1.807) is 18.2 Å². The minimum absolute atomic E-state index is 0.0680. The van der Waals surface area contributed by atoms with E-state index in [0.717, 1.165) is 0 Å². The van der Waals surface area contributed by atoms with E-state index >= 15 is 0 Å². The van der Waals surface area contributed by atoms with Crippen molar-refractivity contribution in [2.45, 2.75) is 13.8 Å². The lowest BCUT2D eigenvalue weighted by molar-refractivity contribution is 0.0974. The average molecular weight is 316 g/mol. The van der Waals surface area contributed by atoms with E-state index in [1.165, 1.54) is 27.0 Å². The first-order valence-electron chi connectivity index (χ1n) is 6.74. The molecule has 0 aliphatic heterocycles. The maximum Gasteiger partial charge on any atom is 0.258 e. The predicted molar refractivity (Wildman–Crippen MR) is 82.9 cm³/mol. The lowest BCUT2D eigenvalue weighted by Gasteiger charge is -2.06. The fourth-order valence-corrected chi connectivity index (χ4v) is 2.23. The maximum absolute atomic E-state index is 12.3. The Morgan fingerprint density at radius 3 is 2.48 bits per heavy atom. The smallest absolute Gasteiger partial charge is 0.258 e. The molecule has 1 aromatic carbocycles. The van der Waals surface area contributed by atoms with Crippen LogP contribution < -0.4 is 15.8 Å². The number of anilines is 1. The van der Waals surface area contributed by atoms with E-state index < -0.39 is 11.8 Å². The average Bonchev–Trinajstić information content (AvgIpc) is 2.83. The van der Waals surface area contributed by atoms with Crippen LogP contribution in [0.25, 0.3) is 0 Å². The van der Waals surface area contributed by atoms with Crippen molar-refractivity contribution >= 4 is 23.5 Å². The molecule has 7 heteroatoms. The van der Waals surface area contributed by atoms with Crippen molar-refractivity contribution in [2.24, 2.45) is 5.73 Å². The normalized spacial score (nSPS) is 10.2. The van der Waals surface area contributed by atoms with Gasteiger partial charge < -0.3 is 14.9 Å². The number of hydrogen-bond donors (Lipinski definition) is 2. The molecule has 23 heavy (non-hydrogen) atoms. The summed E-state index contributed by atoms with van der Waals surface area (Å²) in [5, 5.41) is 2.46. The molecule has 0 radical (unpaired) electrons. The predicted octanol–water partition coefficient (Wildman–Crippen LogP) is 2.15. The van der Waals surface area contributed by atoms with E-state index in [2.05, 4.69) is 5.32 Å². The van der Waals surface area contributed by atoms with E-state index in [4.69, 9.17) is 14.9 Å². The minimum Gasteiger partial charge on any atom is -0.497 e. The van der Waals surface area contributed by atoms with Crippen molar-refractivity contribution in [1.82, 2.24) is 0 Å². The third-order valence-electron chi connectivity index (χ3n) is 3.24. The van der Waals surface area contributed by atoms with Gasteiger partial charge in [0.05, 0.1) is 12.7 Å². The number of methoxy groups -OCH3 is 1. The van der Waals surface area contributed by atoms with Crippen molar-refractivity contribution in [3.8, 4) is 5.75 Å². The van der Waals surface area contributed by atoms with Crippen molar-refractivity contribution < 1.29 is 23.5 Å². The molecule has 0 saturated carbocycles. The molecule has 0 saturated heterocycles. The van der Waals surface area contributed by atoms with Crippen LogP contribution in [0, 0.1) is 6.92 Å². The molecule has 0 bridgehead atoms. The topological polar surface area (TPSA) is 112 Å². The molecular weight excluding hydrogens is 300 g/mol. The number of aryl methyl sites for hydroxylation is 1. The van der Waals surface area contributed by atoms with Gasteiger partial charge >= 0.3 is 0 Å². The number of carbonyl (C=O) groups is 3. The second kappa shape index (κ2) is 6.35. The molecule has 1 aromatic heterocycles. The summed E-state index contributed by atoms with van der Waals surface area (Å²) in [4.78, 5) is 35.5. The Morgan fingerprint density at radius 2 is 1.91 bits per heavy atom. The summed E-state index contributed by atoms with van der Waals surface area (Å²) < 4.78 is 10.4. The van der Waals surface area contributed by atoms with Crippen molar-refractivity contribution in [3.63, 3.8) is 0 Å². The van der Waals surface area contributed by atoms with Crippen molar-refractivity contribution in [2.75, 3.05) is 12.4 Å². The van der Waals surface area contributed by atoms with Gasteiger partial charge in [-0.1, -0.05) is 6.07 Å². The first-order chi connectivity index (χ1) is 10.8. The zero-order valence-corrected chi connectivity index (χ0v) is 12.9. The number of carbonyl (C=O) groups excluding carboxylic acids is 3. The monoisotopic (exact) mass is 316 g/mol. The van der Waals surface area contributed by atoms with Crippen LogP contribution in [0.15, 0.2) is 28.7 Å². The summed E-state index contributed by atoms with van der Waals surface area (Å²) >= 11 is 0. The number of hydrogen-bond acceptors (Lipinski definition) is 5. The lowest BCUT2D eigenvalue weighted by Crippen LogP contribution is -2.19. The van der Waals surface area contributed by atoms with E-state index in [9.17, 15) is 14.4 Å². The number of nitrogens with one attached hydrogen (secondary N) is 1. The lowest BCUT2D eigenvalue weighted by atomic mass is 10.1. The first-order valence-corrected chi connectivity index (χ1v) is 6.74. The standard InChI is InChI=1S/C16H16N2O5/c1-8(19)12-9(2)23-16(13(12)14(17)20)18-15(21)10-5-4-6-11(7-10)22-3/h4-7H,1-3H3,(H2,17,20)(H,18,21). The number of amides is 2. The third-order valence-corrected chi connectivity index (χ3v) is 3.24. The van der Waals surface area contributed by atoms with E-state index in [0.29, 0.717) is 11.3 Å². The summed E-state index contributed by atoms with van der Waals surface area (Å²) in [6.07, 6.45) is 0. The summed E-state index contributed by atoms with van der Waals surface area (Å²) in [5.41, 5.74) is 5.54. The molecule has 1 heterocycles. The van der Waals surface area contributed by atoms with E-state index in [-0.39, 0.29) is 28.6 Å². The summed E-state index contributed by atoms with van der Waals surface area (Å²) in [7, 11) is 1.48. The number of ether oxygens (including phenoxy) is 1. The second-order valence-corrected chi connectivity index (χ2v) is 4.84. The SMILES string of the molecule is COc1cccc(C(=O)Nc2oc(C)c(C(C)=O)c2C(N)=O)c1. The van der Waals surface area contributed by atoms with Crippen LogP contribution in [0.4, 0.5) is 5.88 Å². The maximum atomic E-state index is 12.3. The molecule has 2 aromatic rings. The van der Waals surface area contributed by atoms with Crippen molar-refractivity contribution in [3.05, 3.63) is 46.7 Å². The Bertz CT molecular complexity index is 792. The van der Waals surface area contributed by atoms with Gasteiger partial charge in [0.15, 0.2) is 5.78 Å². The van der Waals surface area contributed by atoms with Crippen LogP contribution in [0.5, 0.6) is 5.75 Å². The van der Waals surface area contributed by atoms with Crippen LogP contribution in [0.3, 0.4) is 0 Å². The molecule has 3 N–H and O–H groups in total. The molecule has 0 aliphatic rings. The van der Waals surface area contributed by atoms with Gasteiger partial charge in [0, 0.05) is 5.56 Å².